The van der Waals surface area contributed by atoms with Crippen LogP contribution in [0.3, 0.4) is 0 Å². The van der Waals surface area contributed by atoms with Crippen molar-refractivity contribution in [3.8, 4) is 17.0 Å². The van der Waals surface area contributed by atoms with E-state index in [9.17, 15) is 4.79 Å². The Labute approximate surface area is 215 Å². The van der Waals surface area contributed by atoms with Gasteiger partial charge in [-0.25, -0.2) is 0 Å². The van der Waals surface area contributed by atoms with E-state index in [0.29, 0.717) is 11.1 Å². The quantitative estimate of drug-likeness (QED) is 0.157. The minimum absolute atomic E-state index is 0.0874. The molecule has 36 heavy (non-hydrogen) atoms. The highest BCUT2D eigenvalue weighted by Gasteiger charge is 2.21. The fourth-order valence-electron chi connectivity index (χ4n) is 5.34. The minimum Gasteiger partial charge on any atom is -0.491 e. The van der Waals surface area contributed by atoms with Crippen LogP contribution in [0.25, 0.3) is 33.1 Å². The predicted octanol–water partition coefficient (Wildman–Crippen LogP) is 9.12. The number of ether oxygens (including phenoxy) is 1. The topological polar surface area (TPSA) is 44.4 Å². The highest BCUT2D eigenvalue weighted by atomic mass is 16.5. The standard InChI is InChI=1S/C32H41NO3/c1-3-4-5-6-7-8-9-10-11-12-13-17-23-33-28(25-18-15-14-16-19-25)32(35-2)30(34)27-21-20-26-22-24-36-31(26)29(27)33/h14-16,18-22,24H,3-13,17,23H2,1-2H3. The molecule has 0 aliphatic heterocycles. The number of fused-ring (bicyclic) bond motifs is 3. The number of methoxy groups -OCH3 is 1. The van der Waals surface area contributed by atoms with Crippen molar-refractivity contribution in [3.63, 3.8) is 0 Å². The maximum absolute atomic E-state index is 13.5. The zero-order valence-electron chi connectivity index (χ0n) is 22.1. The smallest absolute Gasteiger partial charge is 0.231 e. The summed E-state index contributed by atoms with van der Waals surface area (Å²) in [5, 5.41) is 1.66. The third kappa shape index (κ3) is 6.03. The summed E-state index contributed by atoms with van der Waals surface area (Å²) in [7, 11) is 1.59. The molecule has 4 nitrogen and oxygen atoms in total. The van der Waals surface area contributed by atoms with Crippen molar-refractivity contribution >= 4 is 21.9 Å². The second-order valence-electron chi connectivity index (χ2n) is 9.92. The molecule has 0 N–H and O–H groups in total. The normalized spacial score (nSPS) is 11.5. The number of furan rings is 1. The molecule has 0 amide bonds. The van der Waals surface area contributed by atoms with E-state index in [1.54, 1.807) is 13.4 Å². The monoisotopic (exact) mass is 487 g/mol. The zero-order valence-corrected chi connectivity index (χ0v) is 22.1. The number of unbranched alkanes of at least 4 members (excludes halogenated alkanes) is 11. The van der Waals surface area contributed by atoms with Gasteiger partial charge >= 0.3 is 0 Å². The summed E-state index contributed by atoms with van der Waals surface area (Å²) < 4.78 is 13.9. The predicted molar refractivity (Wildman–Crippen MR) is 151 cm³/mol. The van der Waals surface area contributed by atoms with Gasteiger partial charge in [0.15, 0.2) is 11.3 Å². The lowest BCUT2D eigenvalue weighted by atomic mass is 10.0. The molecule has 0 saturated heterocycles. The van der Waals surface area contributed by atoms with Crippen LogP contribution in [0.1, 0.15) is 84.0 Å². The number of hydrogen-bond acceptors (Lipinski definition) is 3. The second kappa shape index (κ2) is 13.3. The maximum Gasteiger partial charge on any atom is 0.231 e. The summed E-state index contributed by atoms with van der Waals surface area (Å²) in [5.41, 5.74) is 3.36. The molecule has 192 valence electrons. The lowest BCUT2D eigenvalue weighted by Crippen LogP contribution is -2.16. The lowest BCUT2D eigenvalue weighted by Gasteiger charge is -2.20. The molecule has 0 unspecified atom stereocenters. The van der Waals surface area contributed by atoms with Gasteiger partial charge in [-0.1, -0.05) is 114 Å². The van der Waals surface area contributed by atoms with Crippen LogP contribution in [0.15, 0.2) is 64.0 Å². The van der Waals surface area contributed by atoms with E-state index in [2.05, 4.69) is 11.5 Å². The van der Waals surface area contributed by atoms with Gasteiger partial charge in [0.2, 0.25) is 5.43 Å². The van der Waals surface area contributed by atoms with Crippen LogP contribution < -0.4 is 10.2 Å². The van der Waals surface area contributed by atoms with Gasteiger partial charge in [0.05, 0.1) is 30.0 Å². The number of nitrogens with zero attached hydrogens (tertiary/aromatic N) is 1. The molecule has 0 aliphatic rings. The SMILES string of the molecule is CCCCCCCCCCCCCCn1c(-c2ccccc2)c(OC)c(=O)c2ccc3ccoc3c21. The molecule has 0 atom stereocenters. The molecule has 4 aromatic rings. The molecule has 4 rings (SSSR count). The molecule has 4 heteroatoms. The van der Waals surface area contributed by atoms with Gasteiger partial charge in [-0.05, 0) is 18.6 Å². The largest absolute Gasteiger partial charge is 0.491 e. The zero-order chi connectivity index (χ0) is 25.2. The van der Waals surface area contributed by atoms with Crippen molar-refractivity contribution < 1.29 is 9.15 Å². The Morgan fingerprint density at radius 1 is 0.778 bits per heavy atom. The molecule has 2 aromatic carbocycles. The van der Waals surface area contributed by atoms with Crippen LogP contribution in [0, 0.1) is 0 Å². The van der Waals surface area contributed by atoms with Gasteiger partial charge in [0.1, 0.15) is 0 Å². The lowest BCUT2D eigenvalue weighted by molar-refractivity contribution is 0.408. The van der Waals surface area contributed by atoms with Crippen LogP contribution in [0.5, 0.6) is 5.75 Å². The van der Waals surface area contributed by atoms with Crippen molar-refractivity contribution in [2.24, 2.45) is 0 Å². The Morgan fingerprint density at radius 3 is 2.06 bits per heavy atom. The number of aryl methyl sites for hydroxylation is 1. The first-order valence-corrected chi connectivity index (χ1v) is 13.9. The molecule has 0 spiro atoms. The summed E-state index contributed by atoms with van der Waals surface area (Å²) in [5.74, 6) is 0.401. The summed E-state index contributed by atoms with van der Waals surface area (Å²) >= 11 is 0. The molecule has 2 aromatic heterocycles. The van der Waals surface area contributed by atoms with Gasteiger partial charge < -0.3 is 13.7 Å². The summed E-state index contributed by atoms with van der Waals surface area (Å²) in [6.45, 7) is 3.09. The average Bonchev–Trinajstić information content (AvgIpc) is 3.39. The van der Waals surface area contributed by atoms with Crippen LogP contribution >= 0.6 is 0 Å². The first-order chi connectivity index (χ1) is 17.8. The van der Waals surface area contributed by atoms with E-state index in [1.807, 2.05) is 48.5 Å². The van der Waals surface area contributed by atoms with Crippen molar-refractivity contribution in [1.29, 1.82) is 0 Å². The molecular weight excluding hydrogens is 446 g/mol. The highest BCUT2D eigenvalue weighted by Crippen LogP contribution is 2.35. The minimum atomic E-state index is -0.0874. The third-order valence-electron chi connectivity index (χ3n) is 7.29. The highest BCUT2D eigenvalue weighted by molar-refractivity contribution is 6.03. The molecule has 0 fully saturated rings. The molecular formula is C32H41NO3. The Bertz CT molecular complexity index is 1290. The summed E-state index contributed by atoms with van der Waals surface area (Å²) in [6.07, 6.45) is 17.5. The van der Waals surface area contributed by atoms with E-state index in [-0.39, 0.29) is 5.43 Å². The van der Waals surface area contributed by atoms with E-state index < -0.39 is 0 Å². The second-order valence-corrected chi connectivity index (χ2v) is 9.92. The van der Waals surface area contributed by atoms with E-state index >= 15 is 0 Å². The van der Waals surface area contributed by atoms with E-state index in [4.69, 9.17) is 9.15 Å². The van der Waals surface area contributed by atoms with Crippen LogP contribution in [0.2, 0.25) is 0 Å². The molecule has 0 bridgehead atoms. The van der Waals surface area contributed by atoms with Crippen molar-refractivity contribution in [2.75, 3.05) is 7.11 Å². The van der Waals surface area contributed by atoms with Crippen molar-refractivity contribution in [1.82, 2.24) is 4.57 Å². The number of pyridine rings is 1. The Balaban J connectivity index is 1.49. The Kier molecular flexibility index (Phi) is 9.66. The van der Waals surface area contributed by atoms with Gasteiger partial charge in [0, 0.05) is 17.5 Å². The summed E-state index contributed by atoms with van der Waals surface area (Å²) in [4.78, 5) is 13.5. The fourth-order valence-corrected chi connectivity index (χ4v) is 5.34. The molecule has 2 heterocycles. The summed E-state index contributed by atoms with van der Waals surface area (Å²) in [6, 6.07) is 15.9. The number of benzene rings is 2. The van der Waals surface area contributed by atoms with Gasteiger partial charge in [-0.2, -0.15) is 0 Å². The number of hydrogen-bond donors (Lipinski definition) is 0. The molecule has 0 aliphatic carbocycles. The van der Waals surface area contributed by atoms with Gasteiger partial charge in [0.25, 0.3) is 0 Å². The maximum atomic E-state index is 13.5. The Morgan fingerprint density at radius 2 is 1.42 bits per heavy atom. The van der Waals surface area contributed by atoms with E-state index in [1.165, 1.54) is 70.6 Å². The van der Waals surface area contributed by atoms with Crippen molar-refractivity contribution in [2.45, 2.75) is 90.5 Å². The molecule has 0 radical (unpaired) electrons. The number of rotatable bonds is 15. The van der Waals surface area contributed by atoms with Gasteiger partial charge in [-0.15, -0.1) is 0 Å². The fraction of sp³-hybridized carbons (Fsp3) is 0.469. The van der Waals surface area contributed by atoms with Gasteiger partial charge in [-0.3, -0.25) is 4.79 Å². The van der Waals surface area contributed by atoms with Crippen LogP contribution in [-0.4, -0.2) is 11.7 Å². The van der Waals surface area contributed by atoms with Crippen LogP contribution in [-0.2, 0) is 6.54 Å². The van der Waals surface area contributed by atoms with Crippen LogP contribution in [0.4, 0.5) is 0 Å². The average molecular weight is 488 g/mol. The first-order valence-electron chi connectivity index (χ1n) is 13.9. The van der Waals surface area contributed by atoms with Crippen molar-refractivity contribution in [3.05, 3.63) is 65.0 Å². The molecule has 0 saturated carbocycles. The first kappa shape index (κ1) is 26.1. The third-order valence-corrected chi connectivity index (χ3v) is 7.29. The van der Waals surface area contributed by atoms with E-state index in [0.717, 1.165) is 40.7 Å². The Hall–Kier alpha value is -3.01. The number of aromatic nitrogens is 1.